The zero-order valence-corrected chi connectivity index (χ0v) is 29.8. The van der Waals surface area contributed by atoms with Crippen molar-refractivity contribution in [2.75, 3.05) is 4.90 Å². The van der Waals surface area contributed by atoms with E-state index >= 15 is 0 Å². The molecule has 11 rings (SSSR count). The van der Waals surface area contributed by atoms with Gasteiger partial charge < -0.3 is 13.7 Å². The summed E-state index contributed by atoms with van der Waals surface area (Å²) in [5, 5.41) is 6.83. The first kappa shape index (κ1) is 31.2. The van der Waals surface area contributed by atoms with Crippen LogP contribution in [0, 0.1) is 0 Å². The number of nitrogens with zero attached hydrogens (tertiary/aromatic N) is 1. The molecule has 0 spiro atoms. The topological polar surface area (TPSA) is 29.5 Å². The van der Waals surface area contributed by atoms with Crippen molar-refractivity contribution in [1.29, 1.82) is 0 Å². The number of anilines is 3. The lowest BCUT2D eigenvalue weighted by Gasteiger charge is -2.27. The van der Waals surface area contributed by atoms with E-state index < -0.39 is 0 Å². The number of rotatable bonds is 6. The summed E-state index contributed by atoms with van der Waals surface area (Å²) in [6.07, 6.45) is 0. The predicted molar refractivity (Wildman–Crippen MR) is 229 cm³/mol. The molecular weight excluding hydrogens is 671 g/mol. The van der Waals surface area contributed by atoms with Crippen LogP contribution in [0.2, 0.25) is 0 Å². The minimum atomic E-state index is 0.854. The standard InChI is InChI=1S/C52H33NO2/c1-2-11-38-33-41(27-26-34(38)10-1)40-13-7-12-39(32-40)37-24-22-35(23-25-37)36-28-30-42(31-29-36)53(45-16-8-20-49-51(45)43-14-3-5-18-47(43)54-49)46-17-9-21-50-52(46)44-15-4-6-19-48(44)55-50/h1-33H. The molecule has 0 atom stereocenters. The van der Waals surface area contributed by atoms with Crippen molar-refractivity contribution in [1.82, 2.24) is 0 Å². The summed E-state index contributed by atoms with van der Waals surface area (Å²) in [5.41, 5.74) is 13.7. The van der Waals surface area contributed by atoms with Gasteiger partial charge in [0, 0.05) is 16.5 Å². The Morgan fingerprint density at radius 1 is 0.291 bits per heavy atom. The smallest absolute Gasteiger partial charge is 0.137 e. The lowest BCUT2D eigenvalue weighted by molar-refractivity contribution is 0.668. The number of hydrogen-bond donors (Lipinski definition) is 0. The monoisotopic (exact) mass is 703 g/mol. The molecule has 3 heteroatoms. The van der Waals surface area contributed by atoms with E-state index in [-0.39, 0.29) is 0 Å². The van der Waals surface area contributed by atoms with E-state index in [9.17, 15) is 0 Å². The largest absolute Gasteiger partial charge is 0.456 e. The Bertz CT molecular complexity index is 3090. The average molecular weight is 704 g/mol. The number of hydrogen-bond acceptors (Lipinski definition) is 3. The van der Waals surface area contributed by atoms with E-state index in [1.54, 1.807) is 0 Å². The Kier molecular flexibility index (Phi) is 7.17. The van der Waals surface area contributed by atoms with E-state index in [4.69, 9.17) is 8.83 Å². The van der Waals surface area contributed by atoms with E-state index in [1.807, 2.05) is 24.3 Å². The van der Waals surface area contributed by atoms with Crippen molar-refractivity contribution >= 4 is 71.7 Å². The van der Waals surface area contributed by atoms with Crippen molar-refractivity contribution in [3.63, 3.8) is 0 Å². The van der Waals surface area contributed by atoms with E-state index in [2.05, 4.69) is 181 Å². The third-order valence-electron chi connectivity index (χ3n) is 10.9. The lowest BCUT2D eigenvalue weighted by atomic mass is 9.96. The third kappa shape index (κ3) is 5.28. The second-order valence-corrected chi connectivity index (χ2v) is 14.1. The van der Waals surface area contributed by atoms with Crippen LogP contribution in [0.25, 0.3) is 88.0 Å². The highest BCUT2D eigenvalue weighted by Gasteiger charge is 2.23. The molecule has 0 aliphatic heterocycles. The highest BCUT2D eigenvalue weighted by atomic mass is 16.3. The summed E-state index contributed by atoms with van der Waals surface area (Å²) in [5.74, 6) is 0. The highest BCUT2D eigenvalue weighted by Crippen LogP contribution is 2.47. The van der Waals surface area contributed by atoms with Gasteiger partial charge >= 0.3 is 0 Å². The Morgan fingerprint density at radius 3 is 1.35 bits per heavy atom. The first-order valence-electron chi connectivity index (χ1n) is 18.7. The molecular formula is C52H33NO2. The van der Waals surface area contributed by atoms with Crippen LogP contribution in [-0.4, -0.2) is 0 Å². The Labute approximate surface area is 317 Å². The molecule has 0 N–H and O–H groups in total. The van der Waals surface area contributed by atoms with Gasteiger partial charge in [-0.1, -0.05) is 140 Å². The second kappa shape index (κ2) is 12.6. The summed E-state index contributed by atoms with van der Waals surface area (Å²) < 4.78 is 12.8. The zero-order valence-electron chi connectivity index (χ0n) is 29.8. The molecule has 0 fully saturated rings. The van der Waals surface area contributed by atoms with Crippen molar-refractivity contribution in [3.8, 4) is 33.4 Å². The quantitative estimate of drug-likeness (QED) is 0.173. The minimum Gasteiger partial charge on any atom is -0.456 e. The maximum atomic E-state index is 6.38. The molecule has 258 valence electrons. The number of para-hydroxylation sites is 2. The highest BCUT2D eigenvalue weighted by molar-refractivity contribution is 6.17. The van der Waals surface area contributed by atoms with Crippen LogP contribution in [-0.2, 0) is 0 Å². The van der Waals surface area contributed by atoms with Gasteiger partial charge in [-0.2, -0.15) is 0 Å². The van der Waals surface area contributed by atoms with Crippen molar-refractivity contribution in [3.05, 3.63) is 200 Å². The number of fused-ring (bicyclic) bond motifs is 7. The summed E-state index contributed by atoms with van der Waals surface area (Å²) >= 11 is 0. The second-order valence-electron chi connectivity index (χ2n) is 14.1. The molecule has 9 aromatic carbocycles. The van der Waals surface area contributed by atoms with Gasteiger partial charge in [-0.15, -0.1) is 0 Å². The van der Waals surface area contributed by atoms with Gasteiger partial charge in [0.05, 0.1) is 22.1 Å². The first-order chi connectivity index (χ1) is 27.2. The molecule has 0 bridgehead atoms. The SMILES string of the molecule is c1cc(-c2ccc(-c3ccc(N(c4cccc5oc6ccccc6c45)c4cccc5oc6ccccc6c45)cc3)cc2)cc(-c2ccc3ccccc3c2)c1. The van der Waals surface area contributed by atoms with Crippen LogP contribution >= 0.6 is 0 Å². The molecule has 3 nitrogen and oxygen atoms in total. The van der Waals surface area contributed by atoms with Crippen LogP contribution in [0.5, 0.6) is 0 Å². The number of furan rings is 2. The fourth-order valence-corrected chi connectivity index (χ4v) is 8.20. The summed E-state index contributed by atoms with van der Waals surface area (Å²) in [6, 6.07) is 71.0. The van der Waals surface area contributed by atoms with Crippen LogP contribution in [0.1, 0.15) is 0 Å². The number of benzene rings is 9. The molecule has 55 heavy (non-hydrogen) atoms. The van der Waals surface area contributed by atoms with Gasteiger partial charge in [0.2, 0.25) is 0 Å². The molecule has 0 amide bonds. The van der Waals surface area contributed by atoms with E-state index in [0.29, 0.717) is 0 Å². The normalized spacial score (nSPS) is 11.6. The molecule has 2 aromatic heterocycles. The van der Waals surface area contributed by atoms with Crippen LogP contribution in [0.3, 0.4) is 0 Å². The fraction of sp³-hybridized carbons (Fsp3) is 0. The molecule has 0 aliphatic carbocycles. The summed E-state index contributed by atoms with van der Waals surface area (Å²) in [7, 11) is 0. The van der Waals surface area contributed by atoms with Crippen molar-refractivity contribution in [2.24, 2.45) is 0 Å². The van der Waals surface area contributed by atoms with Crippen LogP contribution in [0.4, 0.5) is 17.1 Å². The van der Waals surface area contributed by atoms with Gasteiger partial charge in [-0.3, -0.25) is 0 Å². The Hall–Kier alpha value is -7.36. The molecule has 0 aliphatic rings. The molecule has 0 saturated carbocycles. The Morgan fingerprint density at radius 2 is 0.727 bits per heavy atom. The molecule has 2 heterocycles. The van der Waals surface area contributed by atoms with Gasteiger partial charge in [-0.25, -0.2) is 0 Å². The van der Waals surface area contributed by atoms with Gasteiger partial charge in [0.15, 0.2) is 0 Å². The fourth-order valence-electron chi connectivity index (χ4n) is 8.20. The molecule has 11 aromatic rings. The van der Waals surface area contributed by atoms with E-state index in [0.717, 1.165) is 66.5 Å². The molecule has 0 saturated heterocycles. The van der Waals surface area contributed by atoms with Crippen LogP contribution in [0.15, 0.2) is 209 Å². The van der Waals surface area contributed by atoms with Crippen LogP contribution < -0.4 is 4.90 Å². The van der Waals surface area contributed by atoms with Gasteiger partial charge in [0.1, 0.15) is 22.3 Å². The molecule has 0 radical (unpaired) electrons. The van der Waals surface area contributed by atoms with Gasteiger partial charge in [0.25, 0.3) is 0 Å². The van der Waals surface area contributed by atoms with Gasteiger partial charge in [-0.05, 0) is 105 Å². The lowest BCUT2D eigenvalue weighted by Crippen LogP contribution is -2.10. The van der Waals surface area contributed by atoms with Crippen molar-refractivity contribution in [2.45, 2.75) is 0 Å². The van der Waals surface area contributed by atoms with Crippen molar-refractivity contribution < 1.29 is 8.83 Å². The Balaban J connectivity index is 0.984. The maximum absolute atomic E-state index is 6.38. The minimum absolute atomic E-state index is 0.854. The first-order valence-corrected chi connectivity index (χ1v) is 18.7. The summed E-state index contributed by atoms with van der Waals surface area (Å²) in [6.45, 7) is 0. The molecule has 0 unspecified atom stereocenters. The third-order valence-corrected chi connectivity index (χ3v) is 10.9. The predicted octanol–water partition coefficient (Wildman–Crippen LogP) is 15.1. The zero-order chi connectivity index (χ0) is 36.3. The maximum Gasteiger partial charge on any atom is 0.137 e. The summed E-state index contributed by atoms with van der Waals surface area (Å²) in [4.78, 5) is 2.35. The van der Waals surface area contributed by atoms with E-state index in [1.165, 1.54) is 38.6 Å². The average Bonchev–Trinajstić information content (AvgIpc) is 3.83.